The van der Waals surface area contributed by atoms with E-state index < -0.39 is 12.2 Å². The summed E-state index contributed by atoms with van der Waals surface area (Å²) in [6.07, 6.45) is 3.42. The van der Waals surface area contributed by atoms with Crippen LogP contribution in [0.25, 0.3) is 0 Å². The van der Waals surface area contributed by atoms with Crippen molar-refractivity contribution in [2.75, 3.05) is 49.9 Å². The number of nitrogens with zero attached hydrogens (tertiary/aromatic N) is 2. The van der Waals surface area contributed by atoms with Gasteiger partial charge in [0, 0.05) is 24.5 Å². The summed E-state index contributed by atoms with van der Waals surface area (Å²) in [7, 11) is 0. The van der Waals surface area contributed by atoms with Crippen LogP contribution in [0.3, 0.4) is 0 Å². The molecule has 1 aromatic rings. The molecule has 1 aromatic carbocycles. The second kappa shape index (κ2) is 8.67. The summed E-state index contributed by atoms with van der Waals surface area (Å²) in [5.74, 6) is 0.929. The normalized spacial score (nSPS) is 33.6. The van der Waals surface area contributed by atoms with Crippen molar-refractivity contribution in [2.45, 2.75) is 44.8 Å². The van der Waals surface area contributed by atoms with Gasteiger partial charge in [0.15, 0.2) is 0 Å². The average molecular weight is 429 g/mol. The van der Waals surface area contributed by atoms with Gasteiger partial charge in [-0.2, -0.15) is 0 Å². The first kappa shape index (κ1) is 20.6. The molecular weight excluding hydrogens is 396 g/mol. The van der Waals surface area contributed by atoms with Crippen LogP contribution >= 0.6 is 0 Å². The van der Waals surface area contributed by atoms with E-state index in [1.807, 2.05) is 19.1 Å². The minimum atomic E-state index is -0.441. The molecule has 6 fully saturated rings. The van der Waals surface area contributed by atoms with Crippen LogP contribution in [-0.4, -0.2) is 73.5 Å². The summed E-state index contributed by atoms with van der Waals surface area (Å²) in [5.41, 5.74) is 2.13. The molecule has 0 aromatic heterocycles. The van der Waals surface area contributed by atoms with Gasteiger partial charge >= 0.3 is 12.2 Å². The highest BCUT2D eigenvalue weighted by Crippen LogP contribution is 2.31. The Morgan fingerprint density at radius 1 is 0.839 bits per heavy atom. The number of carbonyl (C=O) groups is 2. The number of ether oxygens (including phenoxy) is 2. The van der Waals surface area contributed by atoms with E-state index in [4.69, 9.17) is 9.47 Å². The Bertz CT molecular complexity index is 831. The molecule has 6 aliphatic heterocycles. The van der Waals surface area contributed by atoms with Gasteiger partial charge in [-0.15, -0.1) is 0 Å². The minimum absolute atomic E-state index is 0.0397. The SMILES string of the molecule is Cc1ccc(NC(=O)OC2CN3CCC2CC3)cc1NC(=O)OC1CN2CCC1CC2. The standard InChI is InChI=1S/C23H32N4O4/c1-15-2-3-18(24-22(28)30-20-13-26-8-4-16(20)5-9-26)12-19(15)25-23(29)31-21-14-27-10-6-17(21)7-11-27/h2-3,12,16-17,20-21H,4-11,13-14H2,1H3,(H,24,28)(H,25,29). The fraction of sp³-hybridized carbons (Fsp3) is 0.652. The van der Waals surface area contributed by atoms with E-state index in [0.29, 0.717) is 23.2 Å². The van der Waals surface area contributed by atoms with Crippen LogP contribution in [-0.2, 0) is 9.47 Å². The molecule has 8 nitrogen and oxygen atoms in total. The monoisotopic (exact) mass is 428 g/mol. The van der Waals surface area contributed by atoms with Crippen LogP contribution in [0.1, 0.15) is 31.2 Å². The first-order valence-corrected chi connectivity index (χ1v) is 11.5. The Kier molecular flexibility index (Phi) is 5.75. The van der Waals surface area contributed by atoms with Gasteiger partial charge in [0.25, 0.3) is 0 Å². The van der Waals surface area contributed by atoms with Crippen LogP contribution in [0.15, 0.2) is 18.2 Å². The van der Waals surface area contributed by atoms with Crippen LogP contribution < -0.4 is 10.6 Å². The fourth-order valence-corrected chi connectivity index (χ4v) is 5.48. The third-order valence-corrected chi connectivity index (χ3v) is 7.43. The van der Waals surface area contributed by atoms with E-state index in [0.717, 1.165) is 70.5 Å². The Hall–Kier alpha value is -2.32. The summed E-state index contributed by atoms with van der Waals surface area (Å²) in [5, 5.41) is 5.67. The topological polar surface area (TPSA) is 83.1 Å². The van der Waals surface area contributed by atoms with Crippen LogP contribution in [0.5, 0.6) is 0 Å². The first-order valence-electron chi connectivity index (χ1n) is 11.5. The molecule has 0 radical (unpaired) electrons. The molecule has 2 atom stereocenters. The first-order chi connectivity index (χ1) is 15.0. The quantitative estimate of drug-likeness (QED) is 0.766. The number of rotatable bonds is 4. The molecule has 8 heteroatoms. The predicted molar refractivity (Wildman–Crippen MR) is 117 cm³/mol. The van der Waals surface area contributed by atoms with Gasteiger partial charge < -0.3 is 9.47 Å². The Labute approximate surface area is 183 Å². The number of piperidine rings is 6. The van der Waals surface area contributed by atoms with Gasteiger partial charge in [-0.25, -0.2) is 9.59 Å². The van der Waals surface area contributed by atoms with E-state index >= 15 is 0 Å². The number of aryl methyl sites for hydroxylation is 1. The molecule has 2 amide bonds. The predicted octanol–water partition coefficient (Wildman–Crippen LogP) is 3.28. The summed E-state index contributed by atoms with van der Waals surface area (Å²) in [4.78, 5) is 29.7. The highest BCUT2D eigenvalue weighted by Gasteiger charge is 2.37. The van der Waals surface area contributed by atoms with Crippen LogP contribution in [0.4, 0.5) is 21.0 Å². The molecule has 7 rings (SSSR count). The highest BCUT2D eigenvalue weighted by molar-refractivity contribution is 5.89. The second-order valence-electron chi connectivity index (χ2n) is 9.44. The zero-order valence-corrected chi connectivity index (χ0v) is 18.1. The molecule has 4 bridgehead atoms. The Morgan fingerprint density at radius 2 is 1.35 bits per heavy atom. The van der Waals surface area contributed by atoms with Crippen molar-refractivity contribution in [3.8, 4) is 0 Å². The van der Waals surface area contributed by atoms with E-state index in [2.05, 4.69) is 20.4 Å². The van der Waals surface area contributed by atoms with Crippen LogP contribution in [0.2, 0.25) is 0 Å². The maximum absolute atomic E-state index is 12.5. The zero-order valence-electron chi connectivity index (χ0n) is 18.1. The van der Waals surface area contributed by atoms with Gasteiger partial charge in [-0.05, 0) is 88.3 Å². The average Bonchev–Trinajstić information content (AvgIpc) is 2.77. The molecule has 2 unspecified atom stereocenters. The molecule has 6 heterocycles. The number of fused-ring (bicyclic) bond motifs is 6. The lowest BCUT2D eigenvalue weighted by atomic mass is 9.86. The number of anilines is 2. The maximum Gasteiger partial charge on any atom is 0.411 e. The molecule has 2 N–H and O–H groups in total. The molecule has 6 saturated heterocycles. The van der Waals surface area contributed by atoms with Gasteiger partial charge in [0.2, 0.25) is 0 Å². The van der Waals surface area contributed by atoms with Crippen molar-refractivity contribution in [3.05, 3.63) is 23.8 Å². The smallest absolute Gasteiger partial charge is 0.411 e. The minimum Gasteiger partial charge on any atom is -0.444 e. The lowest BCUT2D eigenvalue weighted by molar-refractivity contribution is -0.0291. The number of carbonyl (C=O) groups excluding carboxylic acids is 2. The van der Waals surface area contributed by atoms with Gasteiger partial charge in [0.1, 0.15) is 12.2 Å². The van der Waals surface area contributed by atoms with Crippen molar-refractivity contribution in [2.24, 2.45) is 11.8 Å². The zero-order chi connectivity index (χ0) is 21.4. The lowest BCUT2D eigenvalue weighted by Crippen LogP contribution is -2.52. The fourth-order valence-electron chi connectivity index (χ4n) is 5.48. The van der Waals surface area contributed by atoms with E-state index in [1.54, 1.807) is 6.07 Å². The van der Waals surface area contributed by atoms with Crippen molar-refractivity contribution >= 4 is 23.6 Å². The number of nitrogens with one attached hydrogen (secondary N) is 2. The van der Waals surface area contributed by atoms with Gasteiger partial charge in [-0.3, -0.25) is 20.4 Å². The van der Waals surface area contributed by atoms with E-state index in [-0.39, 0.29) is 12.2 Å². The van der Waals surface area contributed by atoms with Crippen molar-refractivity contribution in [1.29, 1.82) is 0 Å². The van der Waals surface area contributed by atoms with Gasteiger partial charge in [-0.1, -0.05) is 6.07 Å². The largest absolute Gasteiger partial charge is 0.444 e. The number of amides is 2. The number of hydrogen-bond acceptors (Lipinski definition) is 6. The molecule has 0 aliphatic carbocycles. The number of hydrogen-bond donors (Lipinski definition) is 2. The Balaban J connectivity index is 1.16. The third-order valence-electron chi connectivity index (χ3n) is 7.43. The second-order valence-corrected chi connectivity index (χ2v) is 9.44. The number of benzene rings is 1. The van der Waals surface area contributed by atoms with Crippen molar-refractivity contribution in [1.82, 2.24) is 9.80 Å². The maximum atomic E-state index is 12.5. The van der Waals surface area contributed by atoms with Crippen molar-refractivity contribution in [3.63, 3.8) is 0 Å². The van der Waals surface area contributed by atoms with Gasteiger partial charge in [0.05, 0.1) is 0 Å². The Morgan fingerprint density at radius 3 is 1.84 bits per heavy atom. The summed E-state index contributed by atoms with van der Waals surface area (Å²) < 4.78 is 11.4. The molecule has 0 spiro atoms. The molecule has 168 valence electrons. The molecule has 6 aliphatic rings. The third kappa shape index (κ3) is 4.65. The molecule has 0 saturated carbocycles. The summed E-state index contributed by atoms with van der Waals surface area (Å²) in [6.45, 7) is 7.99. The molecular formula is C23H32N4O4. The van der Waals surface area contributed by atoms with E-state index in [9.17, 15) is 9.59 Å². The van der Waals surface area contributed by atoms with Crippen LogP contribution in [0, 0.1) is 18.8 Å². The lowest BCUT2D eigenvalue weighted by Gasteiger charge is -2.43. The summed E-state index contributed by atoms with van der Waals surface area (Å²) >= 11 is 0. The highest BCUT2D eigenvalue weighted by atomic mass is 16.6. The van der Waals surface area contributed by atoms with E-state index in [1.165, 1.54) is 0 Å². The van der Waals surface area contributed by atoms with Crippen molar-refractivity contribution < 1.29 is 19.1 Å². The summed E-state index contributed by atoms with van der Waals surface area (Å²) in [6, 6.07) is 5.44. The molecule has 31 heavy (non-hydrogen) atoms.